The summed E-state index contributed by atoms with van der Waals surface area (Å²) < 4.78 is -0.392. The van der Waals surface area contributed by atoms with Gasteiger partial charge in [-0.15, -0.1) is 11.8 Å². The Labute approximate surface area is 113 Å². The quantitative estimate of drug-likeness (QED) is 0.881. The van der Waals surface area contributed by atoms with E-state index in [-0.39, 0.29) is 5.91 Å². The second-order valence-electron chi connectivity index (χ2n) is 5.43. The molecule has 3 nitrogen and oxygen atoms in total. The fourth-order valence-corrected chi connectivity index (χ4v) is 2.91. The predicted molar refractivity (Wildman–Crippen MR) is 77.0 cm³/mol. The van der Waals surface area contributed by atoms with Crippen LogP contribution in [-0.2, 0) is 11.3 Å². The summed E-state index contributed by atoms with van der Waals surface area (Å²) in [5.41, 5.74) is 2.18. The van der Waals surface area contributed by atoms with Crippen LogP contribution in [0.15, 0.2) is 23.1 Å². The van der Waals surface area contributed by atoms with Gasteiger partial charge in [-0.05, 0) is 31.5 Å². The predicted octanol–water partition coefficient (Wildman–Crippen LogP) is 3.01. The van der Waals surface area contributed by atoms with Gasteiger partial charge in [0, 0.05) is 17.5 Å². The molecule has 1 amide bonds. The summed E-state index contributed by atoms with van der Waals surface area (Å²) in [5, 5.41) is 6.36. The Bertz CT molecular complexity index is 469. The minimum absolute atomic E-state index is 0.0769. The molecule has 1 heterocycles. The zero-order valence-corrected chi connectivity index (χ0v) is 12.1. The first-order valence-electron chi connectivity index (χ1n) is 6.25. The standard InChI is InChI=1S/C14H20N2OS/c1-9(2)15-8-10-5-6-11-12(7-10)18-14(3,4)13(17)16-11/h5-7,9,15H,8H2,1-4H3,(H,16,17). The number of amides is 1. The molecule has 2 rings (SSSR count). The minimum Gasteiger partial charge on any atom is -0.324 e. The number of nitrogens with one attached hydrogen (secondary N) is 2. The molecule has 0 saturated heterocycles. The van der Waals surface area contributed by atoms with Crippen molar-refractivity contribution < 1.29 is 4.79 Å². The lowest BCUT2D eigenvalue weighted by atomic mass is 10.1. The molecule has 18 heavy (non-hydrogen) atoms. The van der Waals surface area contributed by atoms with Crippen molar-refractivity contribution in [3.63, 3.8) is 0 Å². The fourth-order valence-electron chi connectivity index (χ4n) is 1.78. The van der Waals surface area contributed by atoms with Crippen LogP contribution in [0.25, 0.3) is 0 Å². The Morgan fingerprint density at radius 2 is 2.11 bits per heavy atom. The van der Waals surface area contributed by atoms with Crippen LogP contribution in [0.1, 0.15) is 33.3 Å². The monoisotopic (exact) mass is 264 g/mol. The molecule has 0 atom stereocenters. The van der Waals surface area contributed by atoms with Crippen molar-refractivity contribution in [2.75, 3.05) is 5.32 Å². The fraction of sp³-hybridized carbons (Fsp3) is 0.500. The van der Waals surface area contributed by atoms with Crippen molar-refractivity contribution in [3.05, 3.63) is 23.8 Å². The zero-order valence-electron chi connectivity index (χ0n) is 11.3. The number of hydrogen-bond donors (Lipinski definition) is 2. The third kappa shape index (κ3) is 2.87. The first kappa shape index (κ1) is 13.4. The number of fused-ring (bicyclic) bond motifs is 1. The van der Waals surface area contributed by atoms with E-state index in [0.29, 0.717) is 6.04 Å². The maximum Gasteiger partial charge on any atom is 0.240 e. The molecule has 1 aromatic carbocycles. The van der Waals surface area contributed by atoms with Gasteiger partial charge in [0.1, 0.15) is 0 Å². The van der Waals surface area contributed by atoms with E-state index in [1.54, 1.807) is 11.8 Å². The number of carbonyl (C=O) groups is 1. The van der Waals surface area contributed by atoms with Gasteiger partial charge in [0.25, 0.3) is 0 Å². The molecule has 0 radical (unpaired) electrons. The second-order valence-corrected chi connectivity index (χ2v) is 7.10. The van der Waals surface area contributed by atoms with Crippen LogP contribution in [0, 0.1) is 0 Å². The highest BCUT2D eigenvalue weighted by Gasteiger charge is 2.34. The number of benzene rings is 1. The van der Waals surface area contributed by atoms with Crippen molar-refractivity contribution in [3.8, 4) is 0 Å². The molecule has 0 bridgehead atoms. The average molecular weight is 264 g/mol. The van der Waals surface area contributed by atoms with E-state index >= 15 is 0 Å². The topological polar surface area (TPSA) is 41.1 Å². The van der Waals surface area contributed by atoms with E-state index in [0.717, 1.165) is 17.1 Å². The van der Waals surface area contributed by atoms with Crippen molar-refractivity contribution in [2.24, 2.45) is 0 Å². The number of rotatable bonds is 3. The van der Waals surface area contributed by atoms with Gasteiger partial charge in [-0.25, -0.2) is 0 Å². The number of anilines is 1. The average Bonchev–Trinajstić information content (AvgIpc) is 2.27. The van der Waals surface area contributed by atoms with Crippen LogP contribution < -0.4 is 10.6 Å². The third-order valence-electron chi connectivity index (χ3n) is 2.92. The smallest absolute Gasteiger partial charge is 0.240 e. The summed E-state index contributed by atoms with van der Waals surface area (Å²) in [7, 11) is 0. The van der Waals surface area contributed by atoms with Crippen LogP contribution in [-0.4, -0.2) is 16.7 Å². The highest BCUT2D eigenvalue weighted by Crippen LogP contribution is 2.42. The summed E-state index contributed by atoms with van der Waals surface area (Å²) in [6.07, 6.45) is 0. The molecule has 0 unspecified atom stereocenters. The van der Waals surface area contributed by atoms with Crippen molar-refractivity contribution in [2.45, 2.75) is 49.9 Å². The lowest BCUT2D eigenvalue weighted by molar-refractivity contribution is -0.117. The summed E-state index contributed by atoms with van der Waals surface area (Å²) in [5.74, 6) is 0.0769. The molecule has 1 aliphatic heterocycles. The van der Waals surface area contributed by atoms with Crippen molar-refractivity contribution in [1.29, 1.82) is 0 Å². The number of hydrogen-bond acceptors (Lipinski definition) is 3. The highest BCUT2D eigenvalue weighted by atomic mass is 32.2. The van der Waals surface area contributed by atoms with Crippen LogP contribution >= 0.6 is 11.8 Å². The number of carbonyl (C=O) groups excluding carboxylic acids is 1. The lowest BCUT2D eigenvalue weighted by Gasteiger charge is -2.30. The molecular formula is C14H20N2OS. The molecule has 0 spiro atoms. The SMILES string of the molecule is CC(C)NCc1ccc2c(c1)SC(C)(C)C(=O)N2. The zero-order chi connectivity index (χ0) is 13.3. The van der Waals surface area contributed by atoms with Gasteiger partial charge in [0.2, 0.25) is 5.91 Å². The Morgan fingerprint density at radius 3 is 2.78 bits per heavy atom. The van der Waals surface area contributed by atoms with Gasteiger partial charge in [0.05, 0.1) is 10.4 Å². The highest BCUT2D eigenvalue weighted by molar-refractivity contribution is 8.01. The molecule has 98 valence electrons. The maximum absolute atomic E-state index is 11.8. The molecule has 0 aliphatic carbocycles. The number of thioether (sulfide) groups is 1. The van der Waals surface area contributed by atoms with Gasteiger partial charge in [0.15, 0.2) is 0 Å². The van der Waals surface area contributed by atoms with Crippen LogP contribution in [0.3, 0.4) is 0 Å². The third-order valence-corrected chi connectivity index (χ3v) is 4.17. The first-order valence-corrected chi connectivity index (χ1v) is 7.07. The Kier molecular flexibility index (Phi) is 3.69. The largest absolute Gasteiger partial charge is 0.324 e. The summed E-state index contributed by atoms with van der Waals surface area (Å²) in [6.45, 7) is 9.04. The molecule has 0 fully saturated rings. The van der Waals surface area contributed by atoms with E-state index in [1.807, 2.05) is 19.9 Å². The summed E-state index contributed by atoms with van der Waals surface area (Å²) in [4.78, 5) is 13.0. The van der Waals surface area contributed by atoms with Gasteiger partial charge in [-0.2, -0.15) is 0 Å². The van der Waals surface area contributed by atoms with Crippen molar-refractivity contribution in [1.82, 2.24) is 5.32 Å². The van der Waals surface area contributed by atoms with E-state index < -0.39 is 4.75 Å². The van der Waals surface area contributed by atoms with E-state index in [1.165, 1.54) is 5.56 Å². The van der Waals surface area contributed by atoms with Gasteiger partial charge < -0.3 is 10.6 Å². The van der Waals surface area contributed by atoms with Crippen LogP contribution in [0.4, 0.5) is 5.69 Å². The van der Waals surface area contributed by atoms with Gasteiger partial charge >= 0.3 is 0 Å². The molecule has 0 aromatic heterocycles. The molecule has 0 saturated carbocycles. The Hall–Kier alpha value is -1.00. The van der Waals surface area contributed by atoms with Gasteiger partial charge in [-0.1, -0.05) is 19.9 Å². The van der Waals surface area contributed by atoms with E-state index in [9.17, 15) is 4.79 Å². The minimum atomic E-state index is -0.392. The Balaban J connectivity index is 2.20. The van der Waals surface area contributed by atoms with Crippen molar-refractivity contribution >= 4 is 23.4 Å². The Morgan fingerprint density at radius 1 is 1.39 bits per heavy atom. The van der Waals surface area contributed by atoms with Crippen LogP contribution in [0.5, 0.6) is 0 Å². The maximum atomic E-state index is 11.8. The molecule has 4 heteroatoms. The van der Waals surface area contributed by atoms with Gasteiger partial charge in [-0.3, -0.25) is 4.79 Å². The molecule has 1 aliphatic rings. The normalized spacial score (nSPS) is 17.5. The van der Waals surface area contributed by atoms with Crippen LogP contribution in [0.2, 0.25) is 0 Å². The first-order chi connectivity index (χ1) is 8.38. The van der Waals surface area contributed by atoms with E-state index in [2.05, 4.69) is 36.6 Å². The second kappa shape index (κ2) is 4.94. The summed E-state index contributed by atoms with van der Waals surface area (Å²) in [6, 6.07) is 6.70. The molecule has 2 N–H and O–H groups in total. The van der Waals surface area contributed by atoms with E-state index in [4.69, 9.17) is 0 Å². The molecular weight excluding hydrogens is 244 g/mol. The summed E-state index contributed by atoms with van der Waals surface area (Å²) >= 11 is 1.63. The lowest BCUT2D eigenvalue weighted by Crippen LogP contribution is -2.37. The molecule has 1 aromatic rings.